The zero-order valence-electron chi connectivity index (χ0n) is 4.80. The van der Waals surface area contributed by atoms with Crippen molar-refractivity contribution in [2.24, 2.45) is 5.73 Å². The molecule has 1 atom stereocenters. The minimum atomic E-state index is 0.0139. The highest BCUT2D eigenvalue weighted by Gasteiger charge is 1.93. The first-order valence-electron chi connectivity index (χ1n) is 2.41. The van der Waals surface area contributed by atoms with Gasteiger partial charge in [-0.1, -0.05) is 12.7 Å². The molecule has 2 N–H and O–H groups in total. The van der Waals surface area contributed by atoms with E-state index in [2.05, 4.69) is 25.8 Å². The Morgan fingerprint density at radius 2 is 2.38 bits per heavy atom. The van der Waals surface area contributed by atoms with Crippen LogP contribution in [0, 0.1) is 0 Å². The fourth-order valence-electron chi connectivity index (χ4n) is 0.355. The summed E-state index contributed by atoms with van der Waals surface area (Å²) in [4.78, 5) is 0.803. The summed E-state index contributed by atoms with van der Waals surface area (Å²) < 4.78 is 0. The Hall–Kier alpha value is -0.210. The molecule has 0 aromatic carbocycles. The van der Waals surface area contributed by atoms with Crippen LogP contribution < -0.4 is 5.73 Å². The molecule has 1 unspecified atom stereocenters. The van der Waals surface area contributed by atoms with Gasteiger partial charge in [0, 0.05) is 6.04 Å². The van der Waals surface area contributed by atoms with Gasteiger partial charge < -0.3 is 5.73 Å². The predicted octanol–water partition coefficient (Wildman–Crippen LogP) is 1.33. The van der Waals surface area contributed by atoms with E-state index >= 15 is 0 Å². The Labute approximate surface area is 55.7 Å². The molecule has 0 aromatic heterocycles. The van der Waals surface area contributed by atoms with Gasteiger partial charge in [-0.15, -0.1) is 19.2 Å². The average Bonchev–Trinajstić information content (AvgIpc) is 1.65. The van der Waals surface area contributed by atoms with Crippen molar-refractivity contribution < 1.29 is 0 Å². The number of hydrogen-bond donors (Lipinski definition) is 2. The first-order chi connectivity index (χ1) is 3.66. The van der Waals surface area contributed by atoms with E-state index in [1.54, 1.807) is 6.08 Å². The van der Waals surface area contributed by atoms with Gasteiger partial charge in [0.1, 0.15) is 0 Å². The molecule has 2 heteroatoms. The molecule has 0 fully saturated rings. The third-order valence-corrected chi connectivity index (χ3v) is 0.957. The average molecular weight is 129 g/mol. The molecule has 1 nitrogen and oxygen atoms in total. The highest BCUT2D eigenvalue weighted by Crippen LogP contribution is 2.04. The van der Waals surface area contributed by atoms with Gasteiger partial charge in [-0.3, -0.25) is 0 Å². The molecule has 8 heavy (non-hydrogen) atoms. The molecule has 0 aliphatic rings. The lowest BCUT2D eigenvalue weighted by Crippen LogP contribution is -2.15. The second-order valence-electron chi connectivity index (χ2n) is 1.67. The summed E-state index contributed by atoms with van der Waals surface area (Å²) >= 11 is 3.97. The maximum Gasteiger partial charge on any atom is 0.0266 e. The van der Waals surface area contributed by atoms with Crippen molar-refractivity contribution in [1.82, 2.24) is 0 Å². The Balaban J connectivity index is 3.38. The van der Waals surface area contributed by atoms with Crippen LogP contribution in [0.1, 0.15) is 6.42 Å². The second-order valence-corrected chi connectivity index (χ2v) is 2.30. The third kappa shape index (κ3) is 3.96. The molecule has 0 aliphatic heterocycles. The lowest BCUT2D eigenvalue weighted by Gasteiger charge is -2.01. The van der Waals surface area contributed by atoms with Crippen LogP contribution in [0.15, 0.2) is 24.1 Å². The normalized spacial score (nSPS) is 12.8. The molecular formula is C6H11NS. The molecule has 0 bridgehead atoms. The van der Waals surface area contributed by atoms with Crippen LogP contribution in [0.3, 0.4) is 0 Å². The number of thiol groups is 1. The van der Waals surface area contributed by atoms with Gasteiger partial charge in [-0.05, 0) is 11.3 Å². The lowest BCUT2D eigenvalue weighted by atomic mass is 10.2. The molecule has 0 amide bonds. The topological polar surface area (TPSA) is 26.0 Å². The molecule has 0 heterocycles. The SMILES string of the molecule is C=CC(N)CC(=C)S. The summed E-state index contributed by atoms with van der Waals surface area (Å²) in [6.07, 6.45) is 2.40. The summed E-state index contributed by atoms with van der Waals surface area (Å²) in [5, 5.41) is 0. The first kappa shape index (κ1) is 7.79. The van der Waals surface area contributed by atoms with Crippen LogP contribution in [-0.4, -0.2) is 6.04 Å². The molecule has 46 valence electrons. The van der Waals surface area contributed by atoms with Crippen molar-refractivity contribution in [3.05, 3.63) is 24.1 Å². The monoisotopic (exact) mass is 129 g/mol. The summed E-state index contributed by atoms with van der Waals surface area (Å²) in [6.45, 7) is 7.09. The number of nitrogens with two attached hydrogens (primary N) is 1. The van der Waals surface area contributed by atoms with E-state index in [1.807, 2.05) is 0 Å². The second kappa shape index (κ2) is 3.75. The van der Waals surface area contributed by atoms with Crippen molar-refractivity contribution in [1.29, 1.82) is 0 Å². The Morgan fingerprint density at radius 3 is 2.50 bits per heavy atom. The number of rotatable bonds is 3. The van der Waals surface area contributed by atoms with E-state index < -0.39 is 0 Å². The van der Waals surface area contributed by atoms with E-state index in [0.717, 1.165) is 4.91 Å². The Morgan fingerprint density at radius 1 is 1.88 bits per heavy atom. The zero-order chi connectivity index (χ0) is 6.57. The highest BCUT2D eigenvalue weighted by molar-refractivity contribution is 7.84. The minimum Gasteiger partial charge on any atom is -0.324 e. The van der Waals surface area contributed by atoms with Crippen molar-refractivity contribution in [2.75, 3.05) is 0 Å². The van der Waals surface area contributed by atoms with Crippen LogP contribution >= 0.6 is 12.6 Å². The smallest absolute Gasteiger partial charge is 0.0266 e. The molecular weight excluding hydrogens is 118 g/mol. The molecule has 0 saturated heterocycles. The van der Waals surface area contributed by atoms with Crippen molar-refractivity contribution >= 4 is 12.6 Å². The molecule has 0 aliphatic carbocycles. The largest absolute Gasteiger partial charge is 0.324 e. The summed E-state index contributed by atoms with van der Waals surface area (Å²) in [6, 6.07) is 0.0139. The van der Waals surface area contributed by atoms with Crippen LogP contribution in [0.2, 0.25) is 0 Å². The maximum atomic E-state index is 5.45. The van der Waals surface area contributed by atoms with Gasteiger partial charge in [-0.2, -0.15) is 0 Å². The fraction of sp³-hybridized carbons (Fsp3) is 0.333. The Kier molecular flexibility index (Phi) is 3.65. The van der Waals surface area contributed by atoms with Gasteiger partial charge in [0.25, 0.3) is 0 Å². The van der Waals surface area contributed by atoms with Crippen LogP contribution in [0.25, 0.3) is 0 Å². The van der Waals surface area contributed by atoms with E-state index in [4.69, 9.17) is 5.73 Å². The predicted molar refractivity (Wildman–Crippen MR) is 40.9 cm³/mol. The summed E-state index contributed by atoms with van der Waals surface area (Å²) in [7, 11) is 0. The number of hydrogen-bond acceptors (Lipinski definition) is 2. The van der Waals surface area contributed by atoms with Crippen LogP contribution in [0.5, 0.6) is 0 Å². The maximum absolute atomic E-state index is 5.45. The van der Waals surface area contributed by atoms with E-state index in [1.165, 1.54) is 0 Å². The molecule has 0 aromatic rings. The van der Waals surface area contributed by atoms with E-state index in [-0.39, 0.29) is 6.04 Å². The first-order valence-corrected chi connectivity index (χ1v) is 2.86. The van der Waals surface area contributed by atoms with Crippen molar-refractivity contribution in [3.63, 3.8) is 0 Å². The Bertz CT molecular complexity index is 98.7. The molecule has 0 rings (SSSR count). The van der Waals surface area contributed by atoms with Crippen LogP contribution in [0.4, 0.5) is 0 Å². The van der Waals surface area contributed by atoms with Crippen molar-refractivity contribution in [2.45, 2.75) is 12.5 Å². The van der Waals surface area contributed by atoms with Crippen LogP contribution in [-0.2, 0) is 0 Å². The quantitative estimate of drug-likeness (QED) is 0.436. The van der Waals surface area contributed by atoms with Gasteiger partial charge in [0.2, 0.25) is 0 Å². The summed E-state index contributed by atoms with van der Waals surface area (Å²) in [5.74, 6) is 0. The minimum absolute atomic E-state index is 0.0139. The highest BCUT2D eigenvalue weighted by atomic mass is 32.1. The van der Waals surface area contributed by atoms with Gasteiger partial charge in [-0.25, -0.2) is 0 Å². The molecule has 0 saturated carbocycles. The zero-order valence-corrected chi connectivity index (χ0v) is 5.70. The fourth-order valence-corrected chi connectivity index (χ4v) is 0.566. The molecule has 0 spiro atoms. The van der Waals surface area contributed by atoms with E-state index in [0.29, 0.717) is 6.42 Å². The van der Waals surface area contributed by atoms with Gasteiger partial charge >= 0.3 is 0 Å². The van der Waals surface area contributed by atoms with E-state index in [9.17, 15) is 0 Å². The lowest BCUT2D eigenvalue weighted by molar-refractivity contribution is 0.831. The van der Waals surface area contributed by atoms with Gasteiger partial charge in [0.15, 0.2) is 0 Å². The molecule has 0 radical (unpaired) electrons. The third-order valence-electron chi connectivity index (χ3n) is 0.774. The van der Waals surface area contributed by atoms with Crippen molar-refractivity contribution in [3.8, 4) is 0 Å². The van der Waals surface area contributed by atoms with Gasteiger partial charge in [0.05, 0.1) is 0 Å². The summed E-state index contributed by atoms with van der Waals surface area (Å²) in [5.41, 5.74) is 5.45. The standard InChI is InChI=1S/C6H11NS/c1-3-6(7)4-5(2)8/h3,6,8H,1-2,4,7H2.